The third-order valence-electron chi connectivity index (χ3n) is 4.57. The first-order valence-corrected chi connectivity index (χ1v) is 10.7. The average molecular weight is 379 g/mol. The summed E-state index contributed by atoms with van der Waals surface area (Å²) in [5.41, 5.74) is 0.532. The molecule has 3 rings (SSSR count). The Kier molecular flexibility index (Phi) is 6.98. The van der Waals surface area contributed by atoms with E-state index in [0.29, 0.717) is 5.69 Å². The van der Waals surface area contributed by atoms with Gasteiger partial charge in [0.2, 0.25) is 0 Å². The standard InChI is InChI=1S/C18H26N4OS2/c1-2-21-9-11-22(12-10-21)8-4-3-7-19-17(23)15-14-25-18(20-15)16-6-5-13-24-16/h5-6,13-14H,2-4,7-12H2,1H3,(H,19,23). The molecule has 1 amide bonds. The molecule has 1 aliphatic rings. The summed E-state index contributed by atoms with van der Waals surface area (Å²) in [5.74, 6) is -0.0596. The summed E-state index contributed by atoms with van der Waals surface area (Å²) in [6.07, 6.45) is 2.14. The van der Waals surface area contributed by atoms with Gasteiger partial charge in [0, 0.05) is 38.1 Å². The van der Waals surface area contributed by atoms with Gasteiger partial charge in [-0.05, 0) is 37.4 Å². The second-order valence-electron chi connectivity index (χ2n) is 6.25. The van der Waals surface area contributed by atoms with Crippen LogP contribution >= 0.6 is 22.7 Å². The monoisotopic (exact) mass is 378 g/mol. The molecule has 0 atom stereocenters. The molecule has 7 heteroatoms. The molecule has 5 nitrogen and oxygen atoms in total. The second kappa shape index (κ2) is 9.43. The summed E-state index contributed by atoms with van der Waals surface area (Å²) in [4.78, 5) is 22.8. The van der Waals surface area contributed by atoms with Crippen molar-refractivity contribution < 1.29 is 4.79 Å². The molecule has 2 aromatic heterocycles. The van der Waals surface area contributed by atoms with E-state index in [4.69, 9.17) is 0 Å². The van der Waals surface area contributed by atoms with Crippen LogP contribution in [-0.4, -0.2) is 66.5 Å². The first kappa shape index (κ1) is 18.5. The van der Waals surface area contributed by atoms with Crippen molar-refractivity contribution in [2.75, 3.05) is 45.8 Å². The van der Waals surface area contributed by atoms with Crippen molar-refractivity contribution >= 4 is 28.6 Å². The normalized spacial score (nSPS) is 16.2. The van der Waals surface area contributed by atoms with Crippen molar-refractivity contribution in [1.82, 2.24) is 20.1 Å². The maximum absolute atomic E-state index is 12.2. The number of hydrogen-bond donors (Lipinski definition) is 1. The van der Waals surface area contributed by atoms with Gasteiger partial charge in [0.05, 0.1) is 4.88 Å². The van der Waals surface area contributed by atoms with Crippen molar-refractivity contribution in [3.8, 4) is 9.88 Å². The largest absolute Gasteiger partial charge is 0.351 e. The highest BCUT2D eigenvalue weighted by Gasteiger charge is 2.15. The van der Waals surface area contributed by atoms with Gasteiger partial charge in [0.1, 0.15) is 10.7 Å². The predicted octanol–water partition coefficient (Wildman–Crippen LogP) is 3.02. The van der Waals surface area contributed by atoms with Gasteiger partial charge in [0.15, 0.2) is 0 Å². The molecule has 136 valence electrons. The highest BCUT2D eigenvalue weighted by molar-refractivity contribution is 7.20. The van der Waals surface area contributed by atoms with Crippen LogP contribution in [0.15, 0.2) is 22.9 Å². The smallest absolute Gasteiger partial charge is 0.270 e. The van der Waals surface area contributed by atoms with Crippen LogP contribution in [0.25, 0.3) is 9.88 Å². The molecule has 1 aliphatic heterocycles. The van der Waals surface area contributed by atoms with Gasteiger partial charge in [-0.3, -0.25) is 4.79 Å². The van der Waals surface area contributed by atoms with Gasteiger partial charge in [0.25, 0.3) is 5.91 Å². The Bertz CT molecular complexity index is 648. The fourth-order valence-electron chi connectivity index (χ4n) is 2.97. The van der Waals surface area contributed by atoms with Crippen LogP contribution in [0.5, 0.6) is 0 Å². The van der Waals surface area contributed by atoms with Crippen molar-refractivity contribution in [2.45, 2.75) is 19.8 Å². The summed E-state index contributed by atoms with van der Waals surface area (Å²) < 4.78 is 0. The molecular weight excluding hydrogens is 352 g/mol. The van der Waals surface area contributed by atoms with Crippen LogP contribution < -0.4 is 5.32 Å². The van der Waals surface area contributed by atoms with Crippen molar-refractivity contribution in [2.24, 2.45) is 0 Å². The lowest BCUT2D eigenvalue weighted by molar-refractivity contribution is 0.0947. The maximum Gasteiger partial charge on any atom is 0.270 e. The molecule has 0 spiro atoms. The van der Waals surface area contributed by atoms with E-state index in [-0.39, 0.29) is 5.91 Å². The molecule has 0 radical (unpaired) electrons. The number of unbranched alkanes of at least 4 members (excludes halogenated alkanes) is 1. The lowest BCUT2D eigenvalue weighted by atomic mass is 10.2. The molecule has 2 aromatic rings. The van der Waals surface area contributed by atoms with E-state index in [1.165, 1.54) is 37.5 Å². The van der Waals surface area contributed by atoms with Gasteiger partial charge in [-0.1, -0.05) is 13.0 Å². The Balaban J connectivity index is 1.32. The minimum absolute atomic E-state index is 0.0596. The minimum Gasteiger partial charge on any atom is -0.351 e. The fraction of sp³-hybridized carbons (Fsp3) is 0.556. The zero-order chi connectivity index (χ0) is 17.5. The van der Waals surface area contributed by atoms with Crippen molar-refractivity contribution in [3.05, 3.63) is 28.6 Å². The van der Waals surface area contributed by atoms with Crippen LogP contribution in [0.1, 0.15) is 30.3 Å². The van der Waals surface area contributed by atoms with Crippen LogP contribution in [0, 0.1) is 0 Å². The van der Waals surface area contributed by atoms with Crippen LogP contribution in [0.4, 0.5) is 0 Å². The molecule has 3 heterocycles. The highest BCUT2D eigenvalue weighted by atomic mass is 32.1. The first-order chi connectivity index (χ1) is 12.3. The third kappa shape index (κ3) is 5.34. The SMILES string of the molecule is CCN1CCN(CCCCNC(=O)c2csc(-c3cccs3)n2)CC1. The number of thiophene rings is 1. The Morgan fingerprint density at radius 1 is 1.20 bits per heavy atom. The zero-order valence-corrected chi connectivity index (χ0v) is 16.4. The highest BCUT2D eigenvalue weighted by Crippen LogP contribution is 2.27. The Morgan fingerprint density at radius 2 is 2.00 bits per heavy atom. The quantitative estimate of drug-likeness (QED) is 0.718. The molecule has 1 N–H and O–H groups in total. The van der Waals surface area contributed by atoms with Gasteiger partial charge >= 0.3 is 0 Å². The lowest BCUT2D eigenvalue weighted by Gasteiger charge is -2.33. The number of amides is 1. The van der Waals surface area contributed by atoms with Crippen molar-refractivity contribution in [3.63, 3.8) is 0 Å². The molecule has 25 heavy (non-hydrogen) atoms. The Morgan fingerprint density at radius 3 is 2.72 bits per heavy atom. The molecule has 0 unspecified atom stereocenters. The molecular formula is C18H26N4OS2. The number of carbonyl (C=O) groups is 1. The third-order valence-corrected chi connectivity index (χ3v) is 6.45. The van der Waals surface area contributed by atoms with Crippen molar-refractivity contribution in [1.29, 1.82) is 0 Å². The number of carbonyl (C=O) groups excluding carboxylic acids is 1. The average Bonchev–Trinajstić information content (AvgIpc) is 3.33. The second-order valence-corrected chi connectivity index (χ2v) is 8.06. The molecule has 0 aliphatic carbocycles. The predicted molar refractivity (Wildman–Crippen MR) is 106 cm³/mol. The van der Waals surface area contributed by atoms with E-state index < -0.39 is 0 Å². The number of piperazine rings is 1. The topological polar surface area (TPSA) is 48.5 Å². The summed E-state index contributed by atoms with van der Waals surface area (Å²) >= 11 is 3.18. The van der Waals surface area contributed by atoms with E-state index in [1.54, 1.807) is 11.3 Å². The molecule has 1 fully saturated rings. The van der Waals surface area contributed by atoms with Gasteiger partial charge < -0.3 is 15.1 Å². The number of rotatable bonds is 8. The molecule has 0 saturated carbocycles. The Hall–Kier alpha value is -1.28. The number of hydrogen-bond acceptors (Lipinski definition) is 6. The Labute approximate surface area is 157 Å². The summed E-state index contributed by atoms with van der Waals surface area (Å²) in [5, 5.41) is 7.79. The summed E-state index contributed by atoms with van der Waals surface area (Å²) in [6, 6.07) is 4.04. The number of nitrogens with one attached hydrogen (secondary N) is 1. The van der Waals surface area contributed by atoms with E-state index in [1.807, 2.05) is 22.9 Å². The van der Waals surface area contributed by atoms with Gasteiger partial charge in [-0.25, -0.2) is 4.98 Å². The van der Waals surface area contributed by atoms with Gasteiger partial charge in [-0.2, -0.15) is 0 Å². The fourth-order valence-corrected chi connectivity index (χ4v) is 4.59. The van der Waals surface area contributed by atoms with E-state index >= 15 is 0 Å². The first-order valence-electron chi connectivity index (χ1n) is 8.98. The van der Waals surface area contributed by atoms with E-state index in [2.05, 4.69) is 27.0 Å². The summed E-state index contributed by atoms with van der Waals surface area (Å²) in [6.45, 7) is 9.95. The van der Waals surface area contributed by atoms with Gasteiger partial charge in [-0.15, -0.1) is 22.7 Å². The molecule has 0 bridgehead atoms. The van der Waals surface area contributed by atoms with Crippen LogP contribution in [0.3, 0.4) is 0 Å². The number of likely N-dealkylation sites (N-methyl/N-ethyl adjacent to an activating group) is 1. The van der Waals surface area contributed by atoms with Crippen LogP contribution in [0.2, 0.25) is 0 Å². The molecule has 1 saturated heterocycles. The summed E-state index contributed by atoms with van der Waals surface area (Å²) in [7, 11) is 0. The van der Waals surface area contributed by atoms with E-state index in [0.717, 1.165) is 42.4 Å². The number of aromatic nitrogens is 1. The van der Waals surface area contributed by atoms with E-state index in [9.17, 15) is 4.79 Å². The van der Waals surface area contributed by atoms with Crippen LogP contribution in [-0.2, 0) is 0 Å². The lowest BCUT2D eigenvalue weighted by Crippen LogP contribution is -2.46. The zero-order valence-electron chi connectivity index (χ0n) is 14.7. The minimum atomic E-state index is -0.0596. The maximum atomic E-state index is 12.2. The molecule has 0 aromatic carbocycles. The number of thiazole rings is 1. The number of nitrogens with zero attached hydrogens (tertiary/aromatic N) is 3.